The van der Waals surface area contributed by atoms with Crippen LogP contribution < -0.4 is 3.58 Å². The van der Waals surface area contributed by atoms with Crippen LogP contribution in [0.1, 0.15) is 0 Å². The van der Waals surface area contributed by atoms with Crippen molar-refractivity contribution in [1.82, 2.24) is 0 Å². The predicted molar refractivity (Wildman–Crippen MR) is 49.4 cm³/mol. The van der Waals surface area contributed by atoms with Gasteiger partial charge in [0.1, 0.15) is 0 Å². The fourth-order valence-corrected chi connectivity index (χ4v) is 4.28. The molecule has 0 aliphatic heterocycles. The first-order valence-corrected chi connectivity index (χ1v) is 13.7. The zero-order chi connectivity index (χ0) is 8.48. The van der Waals surface area contributed by atoms with Crippen molar-refractivity contribution in [1.29, 1.82) is 0 Å². The van der Waals surface area contributed by atoms with Gasteiger partial charge in [0, 0.05) is 0 Å². The second-order valence-electron chi connectivity index (χ2n) is 3.76. The third-order valence-electron chi connectivity index (χ3n) is 1.71. The van der Waals surface area contributed by atoms with Crippen molar-refractivity contribution in [2.45, 2.75) is 14.8 Å². The van der Waals surface area contributed by atoms with Crippen molar-refractivity contribution >= 4 is 22.0 Å². The summed E-state index contributed by atoms with van der Waals surface area (Å²) in [5.41, 5.74) is 0. The van der Waals surface area contributed by atoms with Crippen molar-refractivity contribution in [3.8, 4) is 0 Å². The molecule has 0 N–H and O–H groups in total. The molecule has 11 heavy (non-hydrogen) atoms. The van der Waals surface area contributed by atoms with Crippen LogP contribution in [-0.2, 0) is 0 Å². The van der Waals surface area contributed by atoms with Crippen LogP contribution in [0.2, 0.25) is 14.8 Å². The second-order valence-corrected chi connectivity index (χ2v) is 18.2. The summed E-state index contributed by atoms with van der Waals surface area (Å²) >= 11 is -1.91. The zero-order valence-corrected chi connectivity index (χ0v) is 10.0. The van der Waals surface area contributed by atoms with Crippen LogP contribution >= 0.6 is 0 Å². The van der Waals surface area contributed by atoms with E-state index in [1.807, 2.05) is 12.1 Å². The molecule has 0 aliphatic rings. The van der Waals surface area contributed by atoms with Gasteiger partial charge in [-0.2, -0.15) is 0 Å². The van der Waals surface area contributed by atoms with Crippen LogP contribution in [0.4, 0.5) is 4.39 Å². The SMILES string of the molecule is [CH3][Sn]([CH3])([CH3])[c]1ccc(F)cc1. The summed E-state index contributed by atoms with van der Waals surface area (Å²) in [7, 11) is 0. The van der Waals surface area contributed by atoms with E-state index < -0.39 is 18.4 Å². The molecular weight excluding hydrogens is 246 g/mol. The molecule has 60 valence electrons. The Morgan fingerprint density at radius 3 is 1.82 bits per heavy atom. The van der Waals surface area contributed by atoms with Crippen LogP contribution in [-0.4, -0.2) is 18.4 Å². The molecule has 0 amide bonds. The van der Waals surface area contributed by atoms with Gasteiger partial charge in [-0.05, 0) is 0 Å². The van der Waals surface area contributed by atoms with Gasteiger partial charge in [-0.3, -0.25) is 0 Å². The first-order valence-electron chi connectivity index (χ1n) is 3.76. The van der Waals surface area contributed by atoms with E-state index in [-0.39, 0.29) is 5.82 Å². The molecule has 0 saturated carbocycles. The molecule has 0 aliphatic carbocycles. The standard InChI is InChI=1S/C6H4F.3CH3.Sn/c7-6-4-2-1-3-5-6;;;;/h2-5H;3*1H3;. The van der Waals surface area contributed by atoms with Gasteiger partial charge in [0.15, 0.2) is 0 Å². The fourth-order valence-electron chi connectivity index (χ4n) is 0.950. The minimum absolute atomic E-state index is 0.135. The Balaban J connectivity index is 2.99. The molecule has 0 aromatic heterocycles. The number of rotatable bonds is 1. The van der Waals surface area contributed by atoms with E-state index in [0.717, 1.165) is 0 Å². The Morgan fingerprint density at radius 1 is 1.00 bits per heavy atom. The Kier molecular flexibility index (Phi) is 2.57. The zero-order valence-electron chi connectivity index (χ0n) is 7.19. The monoisotopic (exact) mass is 260 g/mol. The van der Waals surface area contributed by atoms with Gasteiger partial charge in [-0.1, -0.05) is 0 Å². The summed E-state index contributed by atoms with van der Waals surface area (Å²) in [6.07, 6.45) is 0. The number of benzene rings is 1. The van der Waals surface area contributed by atoms with Crippen LogP contribution in [0.3, 0.4) is 0 Å². The average Bonchev–Trinajstić information content (AvgIpc) is 1.86. The Morgan fingerprint density at radius 2 is 1.45 bits per heavy atom. The Labute approximate surface area is 71.3 Å². The summed E-state index contributed by atoms with van der Waals surface area (Å²) in [6.45, 7) is 0. The summed E-state index contributed by atoms with van der Waals surface area (Å²) in [6, 6.07) is 6.95. The van der Waals surface area contributed by atoms with Crippen molar-refractivity contribution in [2.75, 3.05) is 0 Å². The summed E-state index contributed by atoms with van der Waals surface area (Å²) < 4.78 is 13.9. The molecular formula is C9H13FSn. The van der Waals surface area contributed by atoms with E-state index in [9.17, 15) is 4.39 Å². The first-order chi connectivity index (χ1) is 5.00. The van der Waals surface area contributed by atoms with Gasteiger partial charge in [-0.25, -0.2) is 0 Å². The summed E-state index contributed by atoms with van der Waals surface area (Å²) in [5.74, 6) is -0.135. The minimum atomic E-state index is -1.91. The molecule has 0 spiro atoms. The molecule has 1 rings (SSSR count). The maximum absolute atomic E-state index is 12.5. The van der Waals surface area contributed by atoms with E-state index in [4.69, 9.17) is 0 Å². The fraction of sp³-hybridized carbons (Fsp3) is 0.333. The second kappa shape index (κ2) is 3.13. The van der Waals surface area contributed by atoms with Gasteiger partial charge in [-0.15, -0.1) is 0 Å². The number of hydrogen-bond acceptors (Lipinski definition) is 0. The Bertz CT molecular complexity index is 233. The average molecular weight is 259 g/mol. The van der Waals surface area contributed by atoms with Gasteiger partial charge in [0.2, 0.25) is 0 Å². The number of halogens is 1. The van der Waals surface area contributed by atoms with Crippen molar-refractivity contribution in [3.63, 3.8) is 0 Å². The normalized spacial score (nSPS) is 11.6. The molecule has 0 bridgehead atoms. The van der Waals surface area contributed by atoms with E-state index in [1.54, 1.807) is 12.1 Å². The predicted octanol–water partition coefficient (Wildman–Crippen LogP) is 2.37. The number of hydrogen-bond donors (Lipinski definition) is 0. The molecule has 0 radical (unpaired) electrons. The summed E-state index contributed by atoms with van der Waals surface area (Å²) in [5, 5.41) is 0. The molecule has 0 nitrogen and oxygen atoms in total. The van der Waals surface area contributed by atoms with Crippen LogP contribution in [0.15, 0.2) is 24.3 Å². The third-order valence-corrected chi connectivity index (χ3v) is 7.61. The van der Waals surface area contributed by atoms with Crippen molar-refractivity contribution < 1.29 is 4.39 Å². The van der Waals surface area contributed by atoms with Gasteiger partial charge in [0.25, 0.3) is 0 Å². The molecule has 0 heterocycles. The summed E-state index contributed by atoms with van der Waals surface area (Å²) in [4.78, 5) is 6.96. The quantitative estimate of drug-likeness (QED) is 0.679. The topological polar surface area (TPSA) is 0 Å². The Hall–Kier alpha value is -0.0513. The van der Waals surface area contributed by atoms with Crippen LogP contribution in [0.5, 0.6) is 0 Å². The van der Waals surface area contributed by atoms with E-state index in [2.05, 4.69) is 14.8 Å². The molecule has 0 saturated heterocycles. The van der Waals surface area contributed by atoms with Gasteiger partial charge < -0.3 is 0 Å². The van der Waals surface area contributed by atoms with Crippen LogP contribution in [0, 0.1) is 5.82 Å². The molecule has 2 heteroatoms. The van der Waals surface area contributed by atoms with Crippen LogP contribution in [0.25, 0.3) is 0 Å². The van der Waals surface area contributed by atoms with Crippen molar-refractivity contribution in [3.05, 3.63) is 30.1 Å². The molecule has 1 aromatic rings. The van der Waals surface area contributed by atoms with E-state index in [0.29, 0.717) is 0 Å². The van der Waals surface area contributed by atoms with Crippen molar-refractivity contribution in [2.24, 2.45) is 0 Å². The first kappa shape index (κ1) is 9.04. The van der Waals surface area contributed by atoms with E-state index in [1.165, 1.54) is 3.58 Å². The molecule has 0 fully saturated rings. The third kappa shape index (κ3) is 2.47. The molecule has 0 unspecified atom stereocenters. The molecule has 1 aromatic carbocycles. The van der Waals surface area contributed by atoms with Gasteiger partial charge in [0.05, 0.1) is 0 Å². The maximum atomic E-state index is 12.5. The van der Waals surface area contributed by atoms with E-state index >= 15 is 0 Å². The molecule has 0 atom stereocenters. The van der Waals surface area contributed by atoms with Gasteiger partial charge >= 0.3 is 71.2 Å².